The first kappa shape index (κ1) is 21.4. The molecule has 6 heteroatoms. The largest absolute Gasteiger partial charge is 0.476 e. The van der Waals surface area contributed by atoms with Crippen LogP contribution in [0.1, 0.15) is 32.1 Å². The predicted octanol–water partition coefficient (Wildman–Crippen LogP) is 5.05. The summed E-state index contributed by atoms with van der Waals surface area (Å²) < 4.78 is 17.0. The summed E-state index contributed by atoms with van der Waals surface area (Å²) in [5.41, 5.74) is 1.99. The van der Waals surface area contributed by atoms with Gasteiger partial charge in [-0.05, 0) is 35.2 Å². The Kier molecular flexibility index (Phi) is 5.86. The summed E-state index contributed by atoms with van der Waals surface area (Å²) in [4.78, 5) is 25.5. The van der Waals surface area contributed by atoms with E-state index in [1.165, 1.54) is 6.26 Å². The van der Waals surface area contributed by atoms with Gasteiger partial charge in [-0.2, -0.15) is 0 Å². The Hall–Kier alpha value is -3.80. The minimum atomic E-state index is -0.372. The van der Waals surface area contributed by atoms with Crippen molar-refractivity contribution in [1.82, 2.24) is 5.32 Å². The minimum Gasteiger partial charge on any atom is -0.476 e. The lowest BCUT2D eigenvalue weighted by molar-refractivity contribution is -0.123. The molecule has 0 saturated heterocycles. The van der Waals surface area contributed by atoms with Crippen LogP contribution in [0.15, 0.2) is 80.6 Å². The fraction of sp³-hybridized carbons (Fsp3) is 0.231. The Morgan fingerprint density at radius 3 is 2.44 bits per heavy atom. The molecule has 0 fully saturated rings. The summed E-state index contributed by atoms with van der Waals surface area (Å²) in [5, 5.41) is 3.10. The summed E-state index contributed by atoms with van der Waals surface area (Å²) in [6.45, 7) is 6.32. The number of amides is 1. The number of carbonyl (C=O) groups excluding carboxylic acids is 1. The molecule has 32 heavy (non-hydrogen) atoms. The Morgan fingerprint density at radius 2 is 1.75 bits per heavy atom. The molecule has 2 aromatic carbocycles. The van der Waals surface area contributed by atoms with Crippen molar-refractivity contribution in [3.05, 3.63) is 88.5 Å². The molecule has 0 spiro atoms. The molecule has 0 atom stereocenters. The van der Waals surface area contributed by atoms with Gasteiger partial charge in [0.2, 0.25) is 11.2 Å². The summed E-state index contributed by atoms with van der Waals surface area (Å²) in [7, 11) is 0. The average molecular weight is 431 g/mol. The van der Waals surface area contributed by atoms with Crippen molar-refractivity contribution < 1.29 is 18.4 Å². The number of fused-ring (bicyclic) bond motifs is 1. The molecule has 0 aliphatic carbocycles. The van der Waals surface area contributed by atoms with Crippen LogP contribution in [0.4, 0.5) is 0 Å². The van der Waals surface area contributed by atoms with Crippen LogP contribution in [-0.4, -0.2) is 12.5 Å². The standard InChI is InChI=1S/C26H25NO5/c1-26(2,3)18-12-10-17(11-13-18)24-25(23(29)20-8-4-5-9-21(20)32-24)31-16-22(28)27-15-19-7-6-14-30-19/h4-14H,15-16H2,1-3H3,(H,27,28). The van der Waals surface area contributed by atoms with E-state index in [0.717, 1.165) is 5.56 Å². The maximum Gasteiger partial charge on any atom is 0.258 e. The van der Waals surface area contributed by atoms with E-state index in [9.17, 15) is 9.59 Å². The number of rotatable bonds is 6. The molecular formula is C26H25NO5. The third-order valence-electron chi connectivity index (χ3n) is 5.16. The van der Waals surface area contributed by atoms with Crippen LogP contribution in [-0.2, 0) is 16.8 Å². The summed E-state index contributed by atoms with van der Waals surface area (Å²) >= 11 is 0. The third kappa shape index (κ3) is 4.59. The zero-order chi connectivity index (χ0) is 22.7. The lowest BCUT2D eigenvalue weighted by Crippen LogP contribution is -2.29. The first-order valence-corrected chi connectivity index (χ1v) is 10.4. The second-order valence-corrected chi connectivity index (χ2v) is 8.56. The van der Waals surface area contributed by atoms with Gasteiger partial charge in [0.25, 0.3) is 5.91 Å². The number of hydrogen-bond donors (Lipinski definition) is 1. The zero-order valence-corrected chi connectivity index (χ0v) is 18.3. The van der Waals surface area contributed by atoms with Crippen molar-refractivity contribution >= 4 is 16.9 Å². The zero-order valence-electron chi connectivity index (χ0n) is 18.3. The van der Waals surface area contributed by atoms with Gasteiger partial charge in [-0.15, -0.1) is 0 Å². The van der Waals surface area contributed by atoms with Gasteiger partial charge in [0.1, 0.15) is 11.3 Å². The first-order valence-electron chi connectivity index (χ1n) is 10.4. The average Bonchev–Trinajstić information content (AvgIpc) is 3.30. The van der Waals surface area contributed by atoms with Crippen molar-refractivity contribution in [3.8, 4) is 17.1 Å². The Balaban J connectivity index is 1.65. The molecule has 2 aromatic heterocycles. The van der Waals surface area contributed by atoms with Gasteiger partial charge in [0.05, 0.1) is 18.2 Å². The van der Waals surface area contributed by atoms with Gasteiger partial charge in [0.15, 0.2) is 12.4 Å². The van der Waals surface area contributed by atoms with Crippen LogP contribution >= 0.6 is 0 Å². The monoisotopic (exact) mass is 431 g/mol. The van der Waals surface area contributed by atoms with Crippen molar-refractivity contribution in [2.24, 2.45) is 0 Å². The fourth-order valence-electron chi connectivity index (χ4n) is 3.36. The summed E-state index contributed by atoms with van der Waals surface area (Å²) in [6, 6.07) is 18.3. The van der Waals surface area contributed by atoms with Crippen LogP contribution in [0, 0.1) is 0 Å². The van der Waals surface area contributed by atoms with Crippen LogP contribution < -0.4 is 15.5 Å². The van der Waals surface area contributed by atoms with E-state index < -0.39 is 0 Å². The minimum absolute atomic E-state index is 0.00579. The molecule has 4 aromatic rings. The molecule has 0 aliphatic rings. The van der Waals surface area contributed by atoms with Gasteiger partial charge in [0, 0.05) is 5.56 Å². The summed E-state index contributed by atoms with van der Waals surface area (Å²) in [6.07, 6.45) is 1.54. The number of furan rings is 1. The van der Waals surface area contributed by atoms with Crippen LogP contribution in [0.3, 0.4) is 0 Å². The molecule has 164 valence electrons. The molecule has 4 rings (SSSR count). The highest BCUT2D eigenvalue weighted by Gasteiger charge is 2.20. The van der Waals surface area contributed by atoms with E-state index >= 15 is 0 Å². The van der Waals surface area contributed by atoms with E-state index in [1.807, 2.05) is 24.3 Å². The molecule has 6 nitrogen and oxygen atoms in total. The molecule has 2 heterocycles. The van der Waals surface area contributed by atoms with Crippen molar-refractivity contribution in [1.29, 1.82) is 0 Å². The second kappa shape index (κ2) is 8.75. The van der Waals surface area contributed by atoms with Crippen LogP contribution in [0.2, 0.25) is 0 Å². The highest BCUT2D eigenvalue weighted by Crippen LogP contribution is 2.32. The number of carbonyl (C=O) groups is 1. The molecule has 0 unspecified atom stereocenters. The molecule has 1 amide bonds. The molecular weight excluding hydrogens is 406 g/mol. The first-order chi connectivity index (χ1) is 15.3. The smallest absolute Gasteiger partial charge is 0.258 e. The second-order valence-electron chi connectivity index (χ2n) is 8.56. The van der Waals surface area contributed by atoms with Crippen molar-refractivity contribution in [2.75, 3.05) is 6.61 Å². The fourth-order valence-corrected chi connectivity index (χ4v) is 3.36. The van der Waals surface area contributed by atoms with Gasteiger partial charge in [-0.3, -0.25) is 9.59 Å². The van der Waals surface area contributed by atoms with E-state index in [0.29, 0.717) is 28.1 Å². The lowest BCUT2D eigenvalue weighted by atomic mass is 9.86. The Bertz CT molecular complexity index is 1280. The van der Waals surface area contributed by atoms with Crippen molar-refractivity contribution in [2.45, 2.75) is 32.7 Å². The predicted molar refractivity (Wildman–Crippen MR) is 123 cm³/mol. The topological polar surface area (TPSA) is 81.7 Å². The lowest BCUT2D eigenvalue weighted by Gasteiger charge is -2.19. The van der Waals surface area contributed by atoms with E-state index in [2.05, 4.69) is 26.1 Å². The Labute approximate surface area is 185 Å². The highest BCUT2D eigenvalue weighted by molar-refractivity contribution is 5.83. The third-order valence-corrected chi connectivity index (χ3v) is 5.16. The SMILES string of the molecule is CC(C)(C)c1ccc(-c2oc3ccccc3c(=O)c2OCC(=O)NCc2ccco2)cc1. The molecule has 1 N–H and O–H groups in total. The molecule has 0 bridgehead atoms. The maximum absolute atomic E-state index is 13.2. The van der Waals surface area contributed by atoms with Gasteiger partial charge in [-0.25, -0.2) is 0 Å². The highest BCUT2D eigenvalue weighted by atomic mass is 16.5. The van der Waals surface area contributed by atoms with Crippen LogP contribution in [0.25, 0.3) is 22.3 Å². The van der Waals surface area contributed by atoms with Gasteiger partial charge < -0.3 is 18.9 Å². The molecule has 0 aliphatic heterocycles. The van der Waals surface area contributed by atoms with Crippen LogP contribution in [0.5, 0.6) is 5.75 Å². The normalized spacial score (nSPS) is 11.5. The Morgan fingerprint density at radius 1 is 1.00 bits per heavy atom. The van der Waals surface area contributed by atoms with E-state index in [1.54, 1.807) is 36.4 Å². The number of benzene rings is 2. The van der Waals surface area contributed by atoms with E-state index in [4.69, 9.17) is 13.6 Å². The number of hydrogen-bond acceptors (Lipinski definition) is 5. The summed E-state index contributed by atoms with van der Waals surface area (Å²) in [5.74, 6) is 0.569. The number of para-hydroxylation sites is 1. The van der Waals surface area contributed by atoms with E-state index in [-0.39, 0.29) is 35.7 Å². The quantitative estimate of drug-likeness (QED) is 0.462. The molecule has 0 radical (unpaired) electrons. The number of nitrogens with one attached hydrogen (secondary N) is 1. The number of ether oxygens (including phenoxy) is 1. The maximum atomic E-state index is 13.2. The molecule has 0 saturated carbocycles. The van der Waals surface area contributed by atoms with Gasteiger partial charge >= 0.3 is 0 Å². The van der Waals surface area contributed by atoms with Crippen molar-refractivity contribution in [3.63, 3.8) is 0 Å². The van der Waals surface area contributed by atoms with Gasteiger partial charge in [-0.1, -0.05) is 57.2 Å².